The summed E-state index contributed by atoms with van der Waals surface area (Å²) in [6, 6.07) is 0. The smallest absolute Gasteiger partial charge is 0.0837 e. The highest BCUT2D eigenvalue weighted by molar-refractivity contribution is 4.50. The molecule has 0 N–H and O–H groups in total. The van der Waals surface area contributed by atoms with Gasteiger partial charge in [0.1, 0.15) is 0 Å². The van der Waals surface area contributed by atoms with Gasteiger partial charge in [0, 0.05) is 6.61 Å². The van der Waals surface area contributed by atoms with Gasteiger partial charge in [0.05, 0.1) is 19.8 Å². The van der Waals surface area contributed by atoms with Gasteiger partial charge in [-0.25, -0.2) is 0 Å². The average molecular weight is 173 g/mol. The van der Waals surface area contributed by atoms with E-state index in [-0.39, 0.29) is 0 Å². The van der Waals surface area contributed by atoms with Crippen molar-refractivity contribution in [1.29, 1.82) is 0 Å². The fraction of sp³-hybridized carbons (Fsp3) is 0.900. The Morgan fingerprint density at radius 2 is 1.92 bits per heavy atom. The lowest BCUT2D eigenvalue weighted by Crippen LogP contribution is -2.02. The molecule has 0 bridgehead atoms. The van der Waals surface area contributed by atoms with Gasteiger partial charge in [-0.2, -0.15) is 0 Å². The van der Waals surface area contributed by atoms with Crippen molar-refractivity contribution in [3.63, 3.8) is 0 Å². The summed E-state index contributed by atoms with van der Waals surface area (Å²) in [5.41, 5.74) is 0. The van der Waals surface area contributed by atoms with Crippen LogP contribution in [0.2, 0.25) is 0 Å². The minimum Gasteiger partial charge on any atom is -0.379 e. The molecule has 0 saturated heterocycles. The monoisotopic (exact) mass is 173 g/mol. The van der Waals surface area contributed by atoms with Crippen LogP contribution in [0.4, 0.5) is 0 Å². The number of ether oxygens (including phenoxy) is 2. The lowest BCUT2D eigenvalue weighted by atomic mass is 10.2. The highest BCUT2D eigenvalue weighted by atomic mass is 16.5. The molecule has 12 heavy (non-hydrogen) atoms. The lowest BCUT2D eigenvalue weighted by molar-refractivity contribution is 0.0764. The number of hydrogen-bond donors (Lipinski definition) is 0. The third kappa shape index (κ3) is 9.92. The van der Waals surface area contributed by atoms with Gasteiger partial charge in [0.2, 0.25) is 0 Å². The second-order valence-corrected chi connectivity index (χ2v) is 2.73. The zero-order valence-electron chi connectivity index (χ0n) is 8.34. The van der Waals surface area contributed by atoms with E-state index < -0.39 is 0 Å². The van der Waals surface area contributed by atoms with Crippen LogP contribution in [-0.2, 0) is 9.47 Å². The molecule has 0 rings (SSSR count). The molecular weight excluding hydrogens is 152 g/mol. The molecule has 0 aromatic heterocycles. The van der Waals surface area contributed by atoms with E-state index in [9.17, 15) is 0 Å². The average Bonchev–Trinajstić information content (AvgIpc) is 2.10. The van der Waals surface area contributed by atoms with Gasteiger partial charge in [-0.05, 0) is 13.3 Å². The minimum absolute atomic E-state index is 0.694. The third-order valence-corrected chi connectivity index (χ3v) is 1.59. The van der Waals surface area contributed by atoms with Gasteiger partial charge in [-0.15, -0.1) is 0 Å². The van der Waals surface area contributed by atoms with E-state index in [0.29, 0.717) is 13.2 Å². The van der Waals surface area contributed by atoms with E-state index in [1.807, 2.05) is 13.5 Å². The molecule has 0 aromatic rings. The number of hydrogen-bond acceptors (Lipinski definition) is 2. The highest BCUT2D eigenvalue weighted by Crippen LogP contribution is 2.01. The van der Waals surface area contributed by atoms with Crippen LogP contribution >= 0.6 is 0 Å². The second kappa shape index (κ2) is 10.9. The topological polar surface area (TPSA) is 18.5 Å². The Labute approximate surface area is 76.3 Å². The first-order valence-electron chi connectivity index (χ1n) is 4.92. The highest BCUT2D eigenvalue weighted by Gasteiger charge is 1.89. The molecule has 0 aromatic carbocycles. The van der Waals surface area contributed by atoms with Crippen molar-refractivity contribution >= 4 is 0 Å². The van der Waals surface area contributed by atoms with Crippen LogP contribution in [0.5, 0.6) is 0 Å². The molecule has 0 amide bonds. The molecule has 0 saturated carbocycles. The van der Waals surface area contributed by atoms with Gasteiger partial charge >= 0.3 is 0 Å². The lowest BCUT2D eigenvalue weighted by Gasteiger charge is -2.02. The predicted octanol–water partition coefficient (Wildman–Crippen LogP) is 2.78. The van der Waals surface area contributed by atoms with Crippen LogP contribution < -0.4 is 0 Å². The van der Waals surface area contributed by atoms with Gasteiger partial charge in [-0.1, -0.05) is 26.2 Å². The maximum Gasteiger partial charge on any atom is 0.0837 e. The molecule has 0 heterocycles. The molecule has 2 heteroatoms. The zero-order valence-corrected chi connectivity index (χ0v) is 8.34. The van der Waals surface area contributed by atoms with Crippen LogP contribution in [0.25, 0.3) is 0 Å². The largest absolute Gasteiger partial charge is 0.379 e. The van der Waals surface area contributed by atoms with Gasteiger partial charge in [0.25, 0.3) is 0 Å². The fourth-order valence-electron chi connectivity index (χ4n) is 0.896. The van der Waals surface area contributed by atoms with Crippen LogP contribution in [0.15, 0.2) is 0 Å². The number of rotatable bonds is 9. The summed E-state index contributed by atoms with van der Waals surface area (Å²) in [4.78, 5) is 0. The summed E-state index contributed by atoms with van der Waals surface area (Å²) >= 11 is 0. The molecule has 0 fully saturated rings. The third-order valence-electron chi connectivity index (χ3n) is 1.59. The molecule has 0 aliphatic carbocycles. The van der Waals surface area contributed by atoms with Crippen molar-refractivity contribution in [3.8, 4) is 0 Å². The van der Waals surface area contributed by atoms with Gasteiger partial charge < -0.3 is 9.47 Å². The summed E-state index contributed by atoms with van der Waals surface area (Å²) in [6.45, 7) is 8.27. The molecule has 0 unspecified atom stereocenters. The van der Waals surface area contributed by atoms with E-state index >= 15 is 0 Å². The van der Waals surface area contributed by atoms with Crippen LogP contribution in [0.1, 0.15) is 39.5 Å². The van der Waals surface area contributed by atoms with Crippen LogP contribution in [-0.4, -0.2) is 19.8 Å². The van der Waals surface area contributed by atoms with Crippen molar-refractivity contribution in [2.75, 3.05) is 19.8 Å². The first kappa shape index (κ1) is 11.9. The summed E-state index contributed by atoms with van der Waals surface area (Å²) in [7, 11) is 0. The molecule has 73 valence electrons. The van der Waals surface area contributed by atoms with E-state index in [1.54, 1.807) is 0 Å². The van der Waals surface area contributed by atoms with E-state index in [4.69, 9.17) is 9.47 Å². The first-order valence-corrected chi connectivity index (χ1v) is 4.92. The molecular formula is C10H21O2. The first-order chi connectivity index (χ1) is 5.91. The Hall–Kier alpha value is -0.0800. The maximum absolute atomic E-state index is 5.23. The maximum atomic E-state index is 5.23. The Morgan fingerprint density at radius 3 is 2.58 bits per heavy atom. The van der Waals surface area contributed by atoms with E-state index in [2.05, 4.69) is 6.92 Å². The summed E-state index contributed by atoms with van der Waals surface area (Å²) in [5.74, 6) is 0. The quantitative estimate of drug-likeness (QED) is 0.499. The molecule has 0 atom stereocenters. The standard InChI is InChI=1S/C10H21O2/c1-3-5-6-7-8-12-10-9-11-4-2/h8H,3-7,9-10H2,1-2H3. The predicted molar refractivity (Wildman–Crippen MR) is 50.9 cm³/mol. The second-order valence-electron chi connectivity index (χ2n) is 2.73. The number of unbranched alkanes of at least 4 members (excludes halogenated alkanes) is 3. The van der Waals surface area contributed by atoms with Crippen molar-refractivity contribution in [2.24, 2.45) is 0 Å². The molecule has 0 aliphatic rings. The van der Waals surface area contributed by atoms with Crippen molar-refractivity contribution in [2.45, 2.75) is 39.5 Å². The van der Waals surface area contributed by atoms with Gasteiger partial charge in [0.15, 0.2) is 0 Å². The van der Waals surface area contributed by atoms with Crippen molar-refractivity contribution in [1.82, 2.24) is 0 Å². The van der Waals surface area contributed by atoms with E-state index in [1.165, 1.54) is 19.3 Å². The van der Waals surface area contributed by atoms with Gasteiger partial charge in [-0.3, -0.25) is 0 Å². The fourth-order valence-corrected chi connectivity index (χ4v) is 0.896. The van der Waals surface area contributed by atoms with E-state index in [0.717, 1.165) is 13.0 Å². The minimum atomic E-state index is 0.694. The Bertz CT molecular complexity index is 64.2. The zero-order chi connectivity index (χ0) is 9.07. The van der Waals surface area contributed by atoms with Crippen LogP contribution in [0, 0.1) is 6.61 Å². The molecule has 1 radical (unpaired) electrons. The van der Waals surface area contributed by atoms with Crippen molar-refractivity contribution in [3.05, 3.63) is 6.61 Å². The Kier molecular flexibility index (Phi) is 10.8. The molecule has 0 aliphatic heterocycles. The Morgan fingerprint density at radius 1 is 1.08 bits per heavy atom. The summed E-state index contributed by atoms with van der Waals surface area (Å²) < 4.78 is 10.3. The SMILES string of the molecule is CCCCC[CH]OCCOCC. The summed E-state index contributed by atoms with van der Waals surface area (Å²) in [6.07, 6.45) is 4.88. The molecule has 2 nitrogen and oxygen atoms in total. The van der Waals surface area contributed by atoms with Crippen molar-refractivity contribution < 1.29 is 9.47 Å². The molecule has 0 spiro atoms. The van der Waals surface area contributed by atoms with Crippen LogP contribution in [0.3, 0.4) is 0 Å². The summed E-state index contributed by atoms with van der Waals surface area (Å²) in [5, 5.41) is 0. The normalized spacial score (nSPS) is 10.5. The Balaban J connectivity index is 2.73.